The summed E-state index contributed by atoms with van der Waals surface area (Å²) in [6.07, 6.45) is 5.48. The number of aryl methyl sites for hydroxylation is 1. The lowest BCUT2D eigenvalue weighted by molar-refractivity contribution is 0.476. The van der Waals surface area contributed by atoms with Gasteiger partial charge < -0.3 is 15.0 Å². The van der Waals surface area contributed by atoms with E-state index in [1.54, 1.807) is 6.07 Å². The highest BCUT2D eigenvalue weighted by Crippen LogP contribution is 2.31. The third kappa shape index (κ3) is 1.72. The smallest absolute Gasteiger partial charge is 0.117 e. The molecule has 1 aliphatic heterocycles. The Labute approximate surface area is 100 Å². The van der Waals surface area contributed by atoms with Crippen LogP contribution in [0.4, 0.5) is 0 Å². The molecule has 3 nitrogen and oxygen atoms in total. The van der Waals surface area contributed by atoms with E-state index in [1.807, 2.05) is 19.2 Å². The van der Waals surface area contributed by atoms with Crippen LogP contribution in [0, 0.1) is 0 Å². The minimum atomic E-state index is 0.324. The van der Waals surface area contributed by atoms with Gasteiger partial charge in [-0.1, -0.05) is 6.08 Å². The molecule has 0 aliphatic carbocycles. The molecule has 2 N–H and O–H groups in total. The summed E-state index contributed by atoms with van der Waals surface area (Å²) in [5, 5.41) is 14.1. The molecule has 17 heavy (non-hydrogen) atoms. The summed E-state index contributed by atoms with van der Waals surface area (Å²) in [5.41, 5.74) is 3.78. The molecule has 3 heteroatoms. The van der Waals surface area contributed by atoms with Gasteiger partial charge in [-0.3, -0.25) is 0 Å². The SMILES string of the molecule is Cn1cc(C2=CCNCC2)c2ccc(O)cc21. The van der Waals surface area contributed by atoms with Crippen LogP contribution in [0.15, 0.2) is 30.5 Å². The van der Waals surface area contributed by atoms with Crippen LogP contribution in [0.5, 0.6) is 5.75 Å². The molecule has 1 aromatic carbocycles. The fourth-order valence-corrected chi connectivity index (χ4v) is 2.50. The number of aromatic hydroxyl groups is 1. The number of nitrogens with one attached hydrogen (secondary N) is 1. The molecule has 3 rings (SSSR count). The number of rotatable bonds is 1. The van der Waals surface area contributed by atoms with E-state index in [-0.39, 0.29) is 0 Å². The van der Waals surface area contributed by atoms with Crippen molar-refractivity contribution in [3.63, 3.8) is 0 Å². The lowest BCUT2D eigenvalue weighted by Crippen LogP contribution is -2.19. The Balaban J connectivity index is 2.20. The van der Waals surface area contributed by atoms with Crippen molar-refractivity contribution < 1.29 is 5.11 Å². The van der Waals surface area contributed by atoms with Crippen LogP contribution >= 0.6 is 0 Å². The second-order valence-corrected chi connectivity index (χ2v) is 4.54. The van der Waals surface area contributed by atoms with Crippen molar-refractivity contribution in [2.45, 2.75) is 6.42 Å². The number of hydrogen-bond acceptors (Lipinski definition) is 2. The molecule has 0 bridgehead atoms. The van der Waals surface area contributed by atoms with Crippen LogP contribution in [0.2, 0.25) is 0 Å². The molecule has 0 saturated heterocycles. The number of aromatic nitrogens is 1. The minimum absolute atomic E-state index is 0.324. The summed E-state index contributed by atoms with van der Waals surface area (Å²) in [6.45, 7) is 1.99. The topological polar surface area (TPSA) is 37.2 Å². The fourth-order valence-electron chi connectivity index (χ4n) is 2.50. The van der Waals surface area contributed by atoms with Gasteiger partial charge in [-0.05, 0) is 30.7 Å². The van der Waals surface area contributed by atoms with Crippen LogP contribution in [0.25, 0.3) is 16.5 Å². The zero-order chi connectivity index (χ0) is 11.8. The number of benzene rings is 1. The van der Waals surface area contributed by atoms with Crippen molar-refractivity contribution in [1.29, 1.82) is 0 Å². The van der Waals surface area contributed by atoms with Crippen molar-refractivity contribution in [2.24, 2.45) is 7.05 Å². The maximum absolute atomic E-state index is 9.54. The predicted octanol–water partition coefficient (Wildman–Crippen LogP) is 2.26. The molecule has 0 spiro atoms. The Morgan fingerprint density at radius 3 is 3.00 bits per heavy atom. The van der Waals surface area contributed by atoms with Gasteiger partial charge in [0.2, 0.25) is 0 Å². The molecule has 0 fully saturated rings. The number of nitrogens with zero attached hydrogens (tertiary/aromatic N) is 1. The van der Waals surface area contributed by atoms with E-state index in [4.69, 9.17) is 0 Å². The quantitative estimate of drug-likeness (QED) is 0.785. The van der Waals surface area contributed by atoms with Crippen LogP contribution in [-0.2, 0) is 7.05 Å². The van der Waals surface area contributed by atoms with E-state index in [9.17, 15) is 5.11 Å². The molecule has 0 radical (unpaired) electrons. The summed E-state index contributed by atoms with van der Waals surface area (Å²) in [6, 6.07) is 5.58. The van der Waals surface area contributed by atoms with Gasteiger partial charge in [-0.25, -0.2) is 0 Å². The first-order valence-electron chi connectivity index (χ1n) is 5.94. The molecule has 1 aromatic heterocycles. The lowest BCUT2D eigenvalue weighted by Gasteiger charge is -2.13. The molecule has 0 saturated carbocycles. The highest BCUT2D eigenvalue weighted by atomic mass is 16.3. The van der Waals surface area contributed by atoms with Crippen molar-refractivity contribution in [3.05, 3.63) is 36.0 Å². The first-order chi connectivity index (χ1) is 8.25. The van der Waals surface area contributed by atoms with Crippen molar-refractivity contribution in [1.82, 2.24) is 9.88 Å². The van der Waals surface area contributed by atoms with E-state index >= 15 is 0 Å². The molecule has 1 aliphatic rings. The van der Waals surface area contributed by atoms with E-state index in [1.165, 1.54) is 16.5 Å². The molecule has 88 valence electrons. The van der Waals surface area contributed by atoms with Crippen molar-refractivity contribution in [2.75, 3.05) is 13.1 Å². The third-order valence-electron chi connectivity index (χ3n) is 3.38. The van der Waals surface area contributed by atoms with Gasteiger partial charge in [0.15, 0.2) is 0 Å². The number of fused-ring (bicyclic) bond motifs is 1. The largest absolute Gasteiger partial charge is 0.508 e. The average molecular weight is 228 g/mol. The highest BCUT2D eigenvalue weighted by Gasteiger charge is 2.12. The van der Waals surface area contributed by atoms with Crippen LogP contribution in [0.3, 0.4) is 0 Å². The zero-order valence-corrected chi connectivity index (χ0v) is 9.90. The standard InChI is InChI=1S/C14H16N2O/c1-16-9-13(10-4-6-15-7-5-10)12-3-2-11(17)8-14(12)16/h2-4,8-9,15,17H,5-7H2,1H3. The van der Waals surface area contributed by atoms with Gasteiger partial charge in [0, 0.05) is 36.8 Å². The van der Waals surface area contributed by atoms with Crippen LogP contribution in [-0.4, -0.2) is 22.8 Å². The number of phenols is 1. The molecule has 0 atom stereocenters. The van der Waals surface area contributed by atoms with Gasteiger partial charge >= 0.3 is 0 Å². The van der Waals surface area contributed by atoms with Crippen LogP contribution < -0.4 is 5.32 Å². The maximum Gasteiger partial charge on any atom is 0.117 e. The van der Waals surface area contributed by atoms with E-state index < -0.39 is 0 Å². The van der Waals surface area contributed by atoms with Gasteiger partial charge in [0.05, 0.1) is 5.52 Å². The third-order valence-corrected chi connectivity index (χ3v) is 3.38. The Hall–Kier alpha value is -1.74. The van der Waals surface area contributed by atoms with E-state index in [0.29, 0.717) is 5.75 Å². The fraction of sp³-hybridized carbons (Fsp3) is 0.286. The van der Waals surface area contributed by atoms with E-state index in [0.717, 1.165) is 25.0 Å². The summed E-state index contributed by atoms with van der Waals surface area (Å²) in [5.74, 6) is 0.324. The van der Waals surface area contributed by atoms with Crippen molar-refractivity contribution >= 4 is 16.5 Å². The summed E-state index contributed by atoms with van der Waals surface area (Å²) < 4.78 is 2.08. The van der Waals surface area contributed by atoms with Gasteiger partial charge in [-0.2, -0.15) is 0 Å². The highest BCUT2D eigenvalue weighted by molar-refractivity contribution is 5.94. The second-order valence-electron chi connectivity index (χ2n) is 4.54. The Bertz CT molecular complexity index is 596. The minimum Gasteiger partial charge on any atom is -0.508 e. The van der Waals surface area contributed by atoms with E-state index in [2.05, 4.69) is 22.2 Å². The molecule has 2 aromatic rings. The summed E-state index contributed by atoms with van der Waals surface area (Å²) in [4.78, 5) is 0. The Kier molecular flexibility index (Phi) is 2.41. The number of phenolic OH excluding ortho intramolecular Hbond substituents is 1. The van der Waals surface area contributed by atoms with Crippen LogP contribution in [0.1, 0.15) is 12.0 Å². The summed E-state index contributed by atoms with van der Waals surface area (Å²) in [7, 11) is 2.02. The normalized spacial score (nSPS) is 16.2. The molecular weight excluding hydrogens is 212 g/mol. The molecular formula is C14H16N2O. The van der Waals surface area contributed by atoms with Crippen molar-refractivity contribution in [3.8, 4) is 5.75 Å². The van der Waals surface area contributed by atoms with Gasteiger partial charge in [0.1, 0.15) is 5.75 Å². The monoisotopic (exact) mass is 228 g/mol. The lowest BCUT2D eigenvalue weighted by atomic mass is 10.00. The summed E-state index contributed by atoms with van der Waals surface area (Å²) >= 11 is 0. The zero-order valence-electron chi connectivity index (χ0n) is 9.90. The predicted molar refractivity (Wildman–Crippen MR) is 70.0 cm³/mol. The second kappa shape index (κ2) is 3.93. The first-order valence-corrected chi connectivity index (χ1v) is 5.94. The maximum atomic E-state index is 9.54. The Morgan fingerprint density at radius 1 is 1.35 bits per heavy atom. The average Bonchev–Trinajstić information content (AvgIpc) is 2.68. The first kappa shape index (κ1) is 10.4. The number of hydrogen-bond donors (Lipinski definition) is 2. The van der Waals surface area contributed by atoms with Gasteiger partial charge in [0.25, 0.3) is 0 Å². The molecule has 0 amide bonds. The Morgan fingerprint density at radius 2 is 2.24 bits per heavy atom. The molecule has 0 unspecified atom stereocenters. The molecule has 2 heterocycles. The van der Waals surface area contributed by atoms with Gasteiger partial charge in [-0.15, -0.1) is 0 Å².